The molecule has 0 radical (unpaired) electrons. The summed E-state index contributed by atoms with van der Waals surface area (Å²) in [6.07, 6.45) is 0.749. The zero-order valence-corrected chi connectivity index (χ0v) is 15.3. The fourth-order valence-electron chi connectivity index (χ4n) is 4.75. The second-order valence-electron chi connectivity index (χ2n) is 7.65. The summed E-state index contributed by atoms with van der Waals surface area (Å²) in [5.74, 6) is 0.0999. The van der Waals surface area contributed by atoms with E-state index in [2.05, 4.69) is 66.1 Å². The Hall–Kier alpha value is -2.91. The van der Waals surface area contributed by atoms with E-state index in [1.165, 1.54) is 11.1 Å². The maximum atomic E-state index is 13.4. The number of aryl methyl sites for hydroxylation is 1. The topological polar surface area (TPSA) is 41.1 Å². The van der Waals surface area contributed by atoms with Gasteiger partial charge in [0.1, 0.15) is 0 Å². The number of carbonyl (C=O) groups excluding carboxylic acids is 1. The third kappa shape index (κ3) is 2.42. The molecule has 0 aliphatic carbocycles. The molecule has 3 heteroatoms. The monoisotopic (exact) mass is 354 g/mol. The van der Waals surface area contributed by atoms with Gasteiger partial charge in [0.15, 0.2) is 0 Å². The summed E-state index contributed by atoms with van der Waals surface area (Å²) in [6.45, 7) is 2.09. The largest absolute Gasteiger partial charge is 0.325 e. The van der Waals surface area contributed by atoms with Gasteiger partial charge in [-0.15, -0.1) is 0 Å². The second-order valence-corrected chi connectivity index (χ2v) is 7.65. The Balaban J connectivity index is 1.69. The predicted octanol–water partition coefficient (Wildman–Crippen LogP) is 4.66. The van der Waals surface area contributed by atoms with Crippen molar-refractivity contribution in [1.82, 2.24) is 5.32 Å². The molecule has 3 aromatic carbocycles. The molecule has 27 heavy (non-hydrogen) atoms. The van der Waals surface area contributed by atoms with Crippen molar-refractivity contribution in [2.24, 2.45) is 0 Å². The van der Waals surface area contributed by atoms with Gasteiger partial charge in [-0.2, -0.15) is 0 Å². The lowest BCUT2D eigenvalue weighted by molar-refractivity contribution is -0.121. The normalized spacial score (nSPS) is 26.2. The average molecular weight is 354 g/mol. The van der Waals surface area contributed by atoms with Crippen molar-refractivity contribution in [3.8, 4) is 0 Å². The quantitative estimate of drug-likeness (QED) is 0.703. The van der Waals surface area contributed by atoms with Gasteiger partial charge >= 0.3 is 0 Å². The minimum absolute atomic E-state index is 0.0630. The number of carbonyl (C=O) groups is 1. The first-order chi connectivity index (χ1) is 13.2. The lowest BCUT2D eigenvalue weighted by atomic mass is 9.71. The Kier molecular flexibility index (Phi) is 3.66. The number of benzene rings is 3. The molecular formula is C24H22N2O. The third-order valence-corrected chi connectivity index (χ3v) is 6.03. The highest BCUT2D eigenvalue weighted by Crippen LogP contribution is 2.55. The highest BCUT2D eigenvalue weighted by atomic mass is 16.2. The van der Waals surface area contributed by atoms with Crippen molar-refractivity contribution in [3.05, 3.63) is 101 Å². The molecule has 2 heterocycles. The fourth-order valence-corrected chi connectivity index (χ4v) is 4.75. The summed E-state index contributed by atoms with van der Waals surface area (Å²) in [5.41, 5.74) is 5.03. The number of amides is 1. The first-order valence-corrected chi connectivity index (χ1v) is 9.47. The molecule has 0 aromatic heterocycles. The van der Waals surface area contributed by atoms with Gasteiger partial charge < -0.3 is 10.6 Å². The standard InChI is InChI=1S/C24H22N2O/c1-16-12-13-20-19(14-16)24(23(27)26-20)15-21(17-8-4-2-5-9-17)25-22(24)18-10-6-3-7-11-18/h2-14,21-22,25H,15H2,1H3,(H,26,27). The summed E-state index contributed by atoms with van der Waals surface area (Å²) in [6, 6.07) is 27.1. The van der Waals surface area contributed by atoms with Crippen LogP contribution in [0.4, 0.5) is 5.69 Å². The Morgan fingerprint density at radius 2 is 1.56 bits per heavy atom. The van der Waals surface area contributed by atoms with E-state index in [4.69, 9.17) is 0 Å². The zero-order valence-electron chi connectivity index (χ0n) is 15.3. The molecule has 2 N–H and O–H groups in total. The molecule has 1 spiro atoms. The third-order valence-electron chi connectivity index (χ3n) is 6.03. The number of hydrogen-bond acceptors (Lipinski definition) is 2. The van der Waals surface area contributed by atoms with Crippen LogP contribution in [0.15, 0.2) is 78.9 Å². The summed E-state index contributed by atoms with van der Waals surface area (Å²) < 4.78 is 0. The van der Waals surface area contributed by atoms with Gasteiger partial charge in [0.2, 0.25) is 5.91 Å². The lowest BCUT2D eigenvalue weighted by Crippen LogP contribution is -2.39. The number of nitrogens with one attached hydrogen (secondary N) is 2. The van der Waals surface area contributed by atoms with Crippen molar-refractivity contribution >= 4 is 11.6 Å². The first-order valence-electron chi connectivity index (χ1n) is 9.47. The van der Waals surface area contributed by atoms with Crippen molar-refractivity contribution in [1.29, 1.82) is 0 Å². The van der Waals surface area contributed by atoms with Crippen LogP contribution in [0.3, 0.4) is 0 Å². The van der Waals surface area contributed by atoms with Gasteiger partial charge in [-0.1, -0.05) is 78.4 Å². The molecule has 3 atom stereocenters. The van der Waals surface area contributed by atoms with Gasteiger partial charge in [0.25, 0.3) is 0 Å². The molecule has 1 amide bonds. The molecule has 2 aliphatic heterocycles. The Morgan fingerprint density at radius 1 is 0.889 bits per heavy atom. The number of rotatable bonds is 2. The SMILES string of the molecule is Cc1ccc2c(c1)C1(CC(c3ccccc3)NC1c1ccccc1)C(=O)N2. The van der Waals surface area contributed by atoms with Crippen molar-refractivity contribution in [2.75, 3.05) is 5.32 Å². The molecule has 1 fully saturated rings. The zero-order chi connectivity index (χ0) is 18.4. The minimum Gasteiger partial charge on any atom is -0.325 e. The highest BCUT2D eigenvalue weighted by Gasteiger charge is 2.58. The van der Waals surface area contributed by atoms with E-state index in [9.17, 15) is 4.79 Å². The van der Waals surface area contributed by atoms with Crippen LogP contribution in [0.25, 0.3) is 0 Å². The molecule has 2 aliphatic rings. The molecule has 0 saturated carbocycles. The smallest absolute Gasteiger partial charge is 0.237 e. The van der Waals surface area contributed by atoms with Crippen molar-refractivity contribution in [2.45, 2.75) is 30.8 Å². The van der Waals surface area contributed by atoms with E-state index in [-0.39, 0.29) is 18.0 Å². The van der Waals surface area contributed by atoms with Crippen LogP contribution in [-0.4, -0.2) is 5.91 Å². The van der Waals surface area contributed by atoms with Crippen LogP contribution in [0.2, 0.25) is 0 Å². The molecule has 0 bridgehead atoms. The van der Waals surface area contributed by atoms with E-state index in [0.29, 0.717) is 0 Å². The number of hydrogen-bond donors (Lipinski definition) is 2. The number of fused-ring (bicyclic) bond motifs is 2. The Bertz CT molecular complexity index is 999. The van der Waals surface area contributed by atoms with Crippen LogP contribution in [0.5, 0.6) is 0 Å². The maximum absolute atomic E-state index is 13.4. The molecule has 5 rings (SSSR count). The minimum atomic E-state index is -0.594. The van der Waals surface area contributed by atoms with E-state index < -0.39 is 5.41 Å². The molecule has 3 nitrogen and oxygen atoms in total. The van der Waals surface area contributed by atoms with Crippen molar-refractivity contribution < 1.29 is 4.79 Å². The Labute approximate surface area is 159 Å². The molecule has 3 aromatic rings. The predicted molar refractivity (Wildman–Crippen MR) is 108 cm³/mol. The van der Waals surface area contributed by atoms with Crippen molar-refractivity contribution in [3.63, 3.8) is 0 Å². The maximum Gasteiger partial charge on any atom is 0.237 e. The van der Waals surface area contributed by atoms with E-state index in [1.807, 2.05) is 30.3 Å². The Morgan fingerprint density at radius 3 is 2.26 bits per heavy atom. The van der Waals surface area contributed by atoms with Gasteiger partial charge in [-0.05, 0) is 36.1 Å². The van der Waals surface area contributed by atoms with Gasteiger partial charge in [0, 0.05) is 11.7 Å². The van der Waals surface area contributed by atoms with Crippen LogP contribution in [0.1, 0.15) is 40.8 Å². The summed E-state index contributed by atoms with van der Waals surface area (Å²) in [5, 5.41) is 6.94. The van der Waals surface area contributed by atoms with E-state index in [1.54, 1.807) is 0 Å². The lowest BCUT2D eigenvalue weighted by Gasteiger charge is -2.29. The van der Waals surface area contributed by atoms with Crippen LogP contribution < -0.4 is 10.6 Å². The second kappa shape index (κ2) is 6.07. The average Bonchev–Trinajstić information content (AvgIpc) is 3.24. The van der Waals surface area contributed by atoms with E-state index in [0.717, 1.165) is 23.2 Å². The molecule has 1 saturated heterocycles. The molecular weight excluding hydrogens is 332 g/mol. The fraction of sp³-hybridized carbons (Fsp3) is 0.208. The van der Waals surface area contributed by atoms with Crippen LogP contribution >= 0.6 is 0 Å². The molecule has 134 valence electrons. The molecule has 3 unspecified atom stereocenters. The van der Waals surface area contributed by atoms with Crippen LogP contribution in [0, 0.1) is 6.92 Å². The van der Waals surface area contributed by atoms with Gasteiger partial charge in [-0.3, -0.25) is 4.79 Å². The van der Waals surface area contributed by atoms with Gasteiger partial charge in [0.05, 0.1) is 11.5 Å². The summed E-state index contributed by atoms with van der Waals surface area (Å²) >= 11 is 0. The number of anilines is 1. The van der Waals surface area contributed by atoms with Gasteiger partial charge in [-0.25, -0.2) is 0 Å². The summed E-state index contributed by atoms with van der Waals surface area (Å²) in [4.78, 5) is 13.4. The summed E-state index contributed by atoms with van der Waals surface area (Å²) in [7, 11) is 0. The van der Waals surface area contributed by atoms with E-state index >= 15 is 0 Å². The highest BCUT2D eigenvalue weighted by molar-refractivity contribution is 6.07. The van der Waals surface area contributed by atoms with Crippen LogP contribution in [-0.2, 0) is 10.2 Å². The first kappa shape index (κ1) is 16.3.